The van der Waals surface area contributed by atoms with Crippen molar-refractivity contribution < 1.29 is 24.2 Å². The first-order valence-corrected chi connectivity index (χ1v) is 8.67. The normalized spacial score (nSPS) is 13.0. The number of hydrogen-bond donors (Lipinski definition) is 2. The van der Waals surface area contributed by atoms with Gasteiger partial charge in [0.1, 0.15) is 5.76 Å². The van der Waals surface area contributed by atoms with Gasteiger partial charge in [0, 0.05) is 5.56 Å². The van der Waals surface area contributed by atoms with Gasteiger partial charge < -0.3 is 14.6 Å². The third kappa shape index (κ3) is 4.64. The van der Waals surface area contributed by atoms with Gasteiger partial charge in [0.15, 0.2) is 0 Å². The zero-order valence-corrected chi connectivity index (χ0v) is 14.6. The number of hydrogen-bond acceptors (Lipinski definition) is 3. The van der Waals surface area contributed by atoms with E-state index in [0.29, 0.717) is 0 Å². The molecule has 0 radical (unpaired) electrons. The summed E-state index contributed by atoms with van der Waals surface area (Å²) < 4.78 is 5.34. The summed E-state index contributed by atoms with van der Waals surface area (Å²) in [5.41, 5.74) is 2.47. The highest BCUT2D eigenvalue weighted by molar-refractivity contribution is 5.80. The molecule has 1 heterocycles. The Morgan fingerprint density at radius 1 is 0.741 bits per heavy atom. The van der Waals surface area contributed by atoms with Gasteiger partial charge in [-0.3, -0.25) is 9.59 Å². The lowest BCUT2D eigenvalue weighted by Gasteiger charge is -2.21. The summed E-state index contributed by atoms with van der Waals surface area (Å²) in [5.74, 6) is -3.50. The SMILES string of the molecule is O=C(O)[C@@H](Cc1ccccc1)[C@H](Cc1ccc(-c2ccco2)cc1)C(=O)O. The molecule has 2 N–H and O–H groups in total. The number of furan rings is 1. The summed E-state index contributed by atoms with van der Waals surface area (Å²) in [7, 11) is 0. The molecule has 0 aliphatic rings. The molecule has 27 heavy (non-hydrogen) atoms. The lowest BCUT2D eigenvalue weighted by atomic mass is 9.82. The number of carbonyl (C=O) groups is 2. The van der Waals surface area contributed by atoms with Crippen molar-refractivity contribution in [1.82, 2.24) is 0 Å². The van der Waals surface area contributed by atoms with Crippen LogP contribution in [-0.4, -0.2) is 22.2 Å². The summed E-state index contributed by atoms with van der Waals surface area (Å²) in [6.07, 6.45) is 1.92. The van der Waals surface area contributed by atoms with Crippen molar-refractivity contribution >= 4 is 11.9 Å². The van der Waals surface area contributed by atoms with Gasteiger partial charge in [-0.05, 0) is 36.1 Å². The summed E-state index contributed by atoms with van der Waals surface area (Å²) >= 11 is 0. The van der Waals surface area contributed by atoms with Crippen LogP contribution in [0.4, 0.5) is 0 Å². The molecule has 0 aliphatic carbocycles. The van der Waals surface area contributed by atoms with Crippen molar-refractivity contribution in [2.45, 2.75) is 12.8 Å². The van der Waals surface area contributed by atoms with E-state index in [1.165, 1.54) is 0 Å². The highest BCUT2D eigenvalue weighted by atomic mass is 16.4. The molecule has 138 valence electrons. The molecule has 1 aromatic heterocycles. The van der Waals surface area contributed by atoms with E-state index >= 15 is 0 Å². The van der Waals surface area contributed by atoms with E-state index in [0.717, 1.165) is 22.5 Å². The Bertz CT molecular complexity index is 882. The summed E-state index contributed by atoms with van der Waals surface area (Å²) in [6, 6.07) is 20.1. The van der Waals surface area contributed by atoms with Gasteiger partial charge in [-0.1, -0.05) is 54.6 Å². The second-order valence-electron chi connectivity index (χ2n) is 6.46. The van der Waals surface area contributed by atoms with Gasteiger partial charge in [-0.2, -0.15) is 0 Å². The maximum absolute atomic E-state index is 11.8. The molecule has 5 nitrogen and oxygen atoms in total. The third-order valence-electron chi connectivity index (χ3n) is 4.63. The summed E-state index contributed by atoms with van der Waals surface area (Å²) in [5, 5.41) is 19.3. The number of benzene rings is 2. The molecule has 3 aromatic rings. The van der Waals surface area contributed by atoms with Crippen LogP contribution in [0.1, 0.15) is 11.1 Å². The third-order valence-corrected chi connectivity index (χ3v) is 4.63. The molecule has 0 amide bonds. The van der Waals surface area contributed by atoms with Crippen LogP contribution in [0.5, 0.6) is 0 Å². The van der Waals surface area contributed by atoms with Crippen LogP contribution in [0.15, 0.2) is 77.4 Å². The van der Waals surface area contributed by atoms with Crippen molar-refractivity contribution in [2.75, 3.05) is 0 Å². The first kappa shape index (κ1) is 18.5. The van der Waals surface area contributed by atoms with Gasteiger partial charge in [0.2, 0.25) is 0 Å². The van der Waals surface area contributed by atoms with E-state index in [1.54, 1.807) is 12.3 Å². The zero-order valence-electron chi connectivity index (χ0n) is 14.6. The molecule has 0 bridgehead atoms. The minimum atomic E-state index is -1.10. The zero-order chi connectivity index (χ0) is 19.2. The van der Waals surface area contributed by atoms with E-state index in [9.17, 15) is 19.8 Å². The summed E-state index contributed by atoms with van der Waals surface area (Å²) in [6.45, 7) is 0. The Morgan fingerprint density at radius 2 is 1.30 bits per heavy atom. The van der Waals surface area contributed by atoms with E-state index in [2.05, 4.69) is 0 Å². The van der Waals surface area contributed by atoms with Crippen molar-refractivity contribution in [3.05, 3.63) is 84.1 Å². The first-order chi connectivity index (χ1) is 13.0. The number of rotatable bonds is 8. The molecule has 0 fully saturated rings. The Morgan fingerprint density at radius 3 is 1.78 bits per heavy atom. The van der Waals surface area contributed by atoms with Crippen LogP contribution in [-0.2, 0) is 22.4 Å². The first-order valence-electron chi connectivity index (χ1n) is 8.67. The van der Waals surface area contributed by atoms with Crippen molar-refractivity contribution in [3.63, 3.8) is 0 Å². The van der Waals surface area contributed by atoms with Crippen LogP contribution in [0.3, 0.4) is 0 Å². The Labute approximate surface area is 156 Å². The molecular weight excluding hydrogens is 344 g/mol. The summed E-state index contributed by atoms with van der Waals surface area (Å²) in [4.78, 5) is 23.6. The average molecular weight is 364 g/mol. The standard InChI is InChI=1S/C22H20O5/c23-21(24)18(13-15-5-2-1-3-6-15)19(22(25)26)14-16-8-10-17(11-9-16)20-7-4-12-27-20/h1-12,18-19H,13-14H2,(H,23,24)(H,25,26)/t18-,19-/m0/s1. The van der Waals surface area contributed by atoms with Crippen LogP contribution in [0, 0.1) is 11.8 Å². The topological polar surface area (TPSA) is 87.7 Å². The molecule has 3 rings (SSSR count). The molecule has 2 aromatic carbocycles. The van der Waals surface area contributed by atoms with E-state index in [1.807, 2.05) is 60.7 Å². The fraction of sp³-hybridized carbons (Fsp3) is 0.182. The molecular formula is C22H20O5. The van der Waals surface area contributed by atoms with Gasteiger partial charge in [0.25, 0.3) is 0 Å². The fourth-order valence-corrected chi connectivity index (χ4v) is 3.17. The number of aliphatic carboxylic acids is 2. The van der Waals surface area contributed by atoms with Crippen LogP contribution < -0.4 is 0 Å². The van der Waals surface area contributed by atoms with E-state index in [-0.39, 0.29) is 12.8 Å². The second kappa shape index (κ2) is 8.36. The minimum absolute atomic E-state index is 0.150. The largest absolute Gasteiger partial charge is 0.481 e. The molecule has 0 unspecified atom stereocenters. The quantitative estimate of drug-likeness (QED) is 0.627. The molecule has 0 spiro atoms. The van der Waals surface area contributed by atoms with Crippen LogP contribution >= 0.6 is 0 Å². The van der Waals surface area contributed by atoms with Gasteiger partial charge in [-0.25, -0.2) is 0 Å². The highest BCUT2D eigenvalue weighted by Gasteiger charge is 2.34. The van der Waals surface area contributed by atoms with E-state index < -0.39 is 23.8 Å². The van der Waals surface area contributed by atoms with E-state index in [4.69, 9.17) is 4.42 Å². The average Bonchev–Trinajstić information content (AvgIpc) is 3.20. The Hall–Kier alpha value is -3.34. The monoisotopic (exact) mass is 364 g/mol. The molecule has 0 saturated carbocycles. The molecule has 0 saturated heterocycles. The lowest BCUT2D eigenvalue weighted by Crippen LogP contribution is -2.33. The smallest absolute Gasteiger partial charge is 0.307 e. The van der Waals surface area contributed by atoms with Gasteiger partial charge in [0.05, 0.1) is 18.1 Å². The van der Waals surface area contributed by atoms with Crippen molar-refractivity contribution in [1.29, 1.82) is 0 Å². The predicted molar refractivity (Wildman–Crippen MR) is 100 cm³/mol. The Balaban J connectivity index is 1.79. The number of carboxylic acid groups (broad SMARTS) is 2. The molecule has 2 atom stereocenters. The number of carboxylic acids is 2. The molecule has 0 aliphatic heterocycles. The van der Waals surface area contributed by atoms with Crippen molar-refractivity contribution in [3.8, 4) is 11.3 Å². The maximum atomic E-state index is 11.8. The molecule has 5 heteroatoms. The van der Waals surface area contributed by atoms with Gasteiger partial charge >= 0.3 is 11.9 Å². The second-order valence-corrected chi connectivity index (χ2v) is 6.46. The van der Waals surface area contributed by atoms with Crippen LogP contribution in [0.2, 0.25) is 0 Å². The van der Waals surface area contributed by atoms with Crippen molar-refractivity contribution in [2.24, 2.45) is 11.8 Å². The highest BCUT2D eigenvalue weighted by Crippen LogP contribution is 2.25. The van der Waals surface area contributed by atoms with Crippen LogP contribution in [0.25, 0.3) is 11.3 Å². The minimum Gasteiger partial charge on any atom is -0.481 e. The fourth-order valence-electron chi connectivity index (χ4n) is 3.17. The predicted octanol–water partition coefficient (Wildman–Crippen LogP) is 4.13. The van der Waals surface area contributed by atoms with Gasteiger partial charge in [-0.15, -0.1) is 0 Å². The Kier molecular flexibility index (Phi) is 5.71. The lowest BCUT2D eigenvalue weighted by molar-refractivity contribution is -0.153. The maximum Gasteiger partial charge on any atom is 0.307 e.